The summed E-state index contributed by atoms with van der Waals surface area (Å²) < 4.78 is 0. The van der Waals surface area contributed by atoms with Gasteiger partial charge >= 0.3 is 0 Å². The molecule has 4 heteroatoms. The Kier molecular flexibility index (Phi) is 5.76. The number of anilines is 2. The molecule has 1 fully saturated rings. The van der Waals surface area contributed by atoms with E-state index >= 15 is 0 Å². The van der Waals surface area contributed by atoms with E-state index in [1.165, 1.54) is 24.9 Å². The number of piperidine rings is 1. The van der Waals surface area contributed by atoms with Crippen LogP contribution in [0.2, 0.25) is 5.02 Å². The first-order chi connectivity index (χ1) is 11.7. The lowest BCUT2D eigenvalue weighted by atomic mass is 10.1. The zero-order valence-corrected chi connectivity index (χ0v) is 14.6. The van der Waals surface area contributed by atoms with Gasteiger partial charge in [0.1, 0.15) is 0 Å². The second-order valence-electron chi connectivity index (χ2n) is 6.27. The maximum absolute atomic E-state index is 12.1. The molecule has 0 bridgehead atoms. The molecule has 1 aliphatic rings. The van der Waals surface area contributed by atoms with Gasteiger partial charge in [-0.15, -0.1) is 0 Å². The maximum Gasteiger partial charge on any atom is 0.224 e. The number of carbonyl (C=O) groups excluding carboxylic acids is 1. The minimum Gasteiger partial charge on any atom is -0.372 e. The predicted molar refractivity (Wildman–Crippen MR) is 101 cm³/mol. The minimum atomic E-state index is 0.0284. The van der Waals surface area contributed by atoms with E-state index in [1.54, 1.807) is 0 Å². The van der Waals surface area contributed by atoms with Gasteiger partial charge in [-0.2, -0.15) is 0 Å². The van der Waals surface area contributed by atoms with Crippen molar-refractivity contribution in [2.75, 3.05) is 23.3 Å². The van der Waals surface area contributed by atoms with Gasteiger partial charge in [-0.05, 0) is 67.6 Å². The van der Waals surface area contributed by atoms with Crippen LogP contribution in [0.4, 0.5) is 11.4 Å². The van der Waals surface area contributed by atoms with Crippen LogP contribution in [0.15, 0.2) is 48.5 Å². The highest BCUT2D eigenvalue weighted by atomic mass is 35.5. The summed E-state index contributed by atoms with van der Waals surface area (Å²) in [5, 5.41) is 3.68. The molecule has 2 aromatic carbocycles. The second-order valence-corrected chi connectivity index (χ2v) is 6.71. The van der Waals surface area contributed by atoms with E-state index in [2.05, 4.69) is 22.3 Å². The second kappa shape index (κ2) is 8.20. The molecule has 2 aromatic rings. The number of rotatable bonds is 5. The summed E-state index contributed by atoms with van der Waals surface area (Å²) in [7, 11) is 0. The van der Waals surface area contributed by atoms with Crippen molar-refractivity contribution in [2.24, 2.45) is 0 Å². The van der Waals surface area contributed by atoms with E-state index in [0.29, 0.717) is 17.9 Å². The van der Waals surface area contributed by atoms with Gasteiger partial charge < -0.3 is 10.2 Å². The lowest BCUT2D eigenvalue weighted by molar-refractivity contribution is -0.116. The molecule has 3 nitrogen and oxygen atoms in total. The van der Waals surface area contributed by atoms with Gasteiger partial charge in [0.05, 0.1) is 0 Å². The van der Waals surface area contributed by atoms with Gasteiger partial charge in [0.15, 0.2) is 0 Å². The zero-order chi connectivity index (χ0) is 16.8. The Morgan fingerprint density at radius 2 is 1.79 bits per heavy atom. The number of nitrogens with one attached hydrogen (secondary N) is 1. The fraction of sp³-hybridized carbons (Fsp3) is 0.350. The highest BCUT2D eigenvalue weighted by Crippen LogP contribution is 2.22. The third-order valence-electron chi connectivity index (χ3n) is 4.40. The summed E-state index contributed by atoms with van der Waals surface area (Å²) in [4.78, 5) is 14.5. The van der Waals surface area contributed by atoms with Gasteiger partial charge in [-0.25, -0.2) is 0 Å². The molecule has 24 heavy (non-hydrogen) atoms. The van der Waals surface area contributed by atoms with Crippen LogP contribution in [0.5, 0.6) is 0 Å². The van der Waals surface area contributed by atoms with Crippen LogP contribution in [-0.2, 0) is 11.2 Å². The van der Waals surface area contributed by atoms with Gasteiger partial charge in [-0.1, -0.05) is 23.7 Å². The number of halogens is 1. The number of hydrogen-bond donors (Lipinski definition) is 1. The molecule has 0 atom stereocenters. The number of benzene rings is 2. The molecular formula is C20H23ClN2O. The Balaban J connectivity index is 1.50. The highest BCUT2D eigenvalue weighted by Gasteiger charge is 2.11. The monoisotopic (exact) mass is 342 g/mol. The standard InChI is InChI=1S/C20H23ClN2O/c21-17-6-4-5-16(15-17)7-12-20(24)22-18-8-10-19(11-9-18)23-13-2-1-3-14-23/h4-6,8-11,15H,1-3,7,12-14H2,(H,22,24). The SMILES string of the molecule is O=C(CCc1cccc(Cl)c1)Nc1ccc(N2CCCCC2)cc1. The molecule has 0 saturated carbocycles. The van der Waals surface area contributed by atoms with Gasteiger partial charge in [0, 0.05) is 35.9 Å². The maximum atomic E-state index is 12.1. The molecule has 0 spiro atoms. The summed E-state index contributed by atoms with van der Waals surface area (Å²) in [5.74, 6) is 0.0284. The first-order valence-electron chi connectivity index (χ1n) is 8.60. The van der Waals surface area contributed by atoms with E-state index < -0.39 is 0 Å². The van der Waals surface area contributed by atoms with Gasteiger partial charge in [0.2, 0.25) is 5.91 Å². The van der Waals surface area contributed by atoms with Crippen molar-refractivity contribution in [3.05, 3.63) is 59.1 Å². The number of hydrogen-bond acceptors (Lipinski definition) is 2. The summed E-state index contributed by atoms with van der Waals surface area (Å²) in [6.07, 6.45) is 5.01. The minimum absolute atomic E-state index is 0.0284. The Hall–Kier alpha value is -2.00. The molecule has 1 heterocycles. The Bertz CT molecular complexity index is 678. The molecular weight excluding hydrogens is 320 g/mol. The third kappa shape index (κ3) is 4.75. The van der Waals surface area contributed by atoms with Crippen LogP contribution in [0, 0.1) is 0 Å². The van der Waals surface area contributed by atoms with Crippen molar-refractivity contribution in [1.82, 2.24) is 0 Å². The fourth-order valence-electron chi connectivity index (χ4n) is 3.08. The lowest BCUT2D eigenvalue weighted by Crippen LogP contribution is -2.29. The van der Waals surface area contributed by atoms with Crippen molar-refractivity contribution in [2.45, 2.75) is 32.1 Å². The van der Waals surface area contributed by atoms with Crippen LogP contribution < -0.4 is 10.2 Å². The van der Waals surface area contributed by atoms with E-state index in [1.807, 2.05) is 36.4 Å². The molecule has 0 aliphatic carbocycles. The van der Waals surface area contributed by atoms with Crippen LogP contribution in [0.3, 0.4) is 0 Å². The largest absolute Gasteiger partial charge is 0.372 e. The highest BCUT2D eigenvalue weighted by molar-refractivity contribution is 6.30. The molecule has 1 N–H and O–H groups in total. The van der Waals surface area contributed by atoms with Crippen LogP contribution >= 0.6 is 11.6 Å². The molecule has 1 saturated heterocycles. The van der Waals surface area contributed by atoms with Crippen molar-refractivity contribution in [3.63, 3.8) is 0 Å². The normalized spacial score (nSPS) is 14.5. The quantitative estimate of drug-likeness (QED) is 0.838. The molecule has 3 rings (SSSR count). The zero-order valence-electron chi connectivity index (χ0n) is 13.8. The van der Waals surface area contributed by atoms with Crippen molar-refractivity contribution in [1.29, 1.82) is 0 Å². The van der Waals surface area contributed by atoms with Crippen LogP contribution in [0.25, 0.3) is 0 Å². The summed E-state index contributed by atoms with van der Waals surface area (Å²) in [5.41, 5.74) is 3.18. The molecule has 1 amide bonds. The number of aryl methyl sites for hydroxylation is 1. The van der Waals surface area contributed by atoms with Crippen molar-refractivity contribution >= 4 is 28.9 Å². The molecule has 0 unspecified atom stereocenters. The molecule has 1 aliphatic heterocycles. The average molecular weight is 343 g/mol. The number of carbonyl (C=O) groups is 1. The fourth-order valence-corrected chi connectivity index (χ4v) is 3.29. The van der Waals surface area contributed by atoms with Crippen LogP contribution in [0.1, 0.15) is 31.2 Å². The van der Waals surface area contributed by atoms with Crippen molar-refractivity contribution in [3.8, 4) is 0 Å². The molecule has 126 valence electrons. The first-order valence-corrected chi connectivity index (χ1v) is 8.98. The third-order valence-corrected chi connectivity index (χ3v) is 4.64. The van der Waals surface area contributed by atoms with Crippen LogP contribution in [-0.4, -0.2) is 19.0 Å². The van der Waals surface area contributed by atoms with E-state index in [4.69, 9.17) is 11.6 Å². The predicted octanol–water partition coefficient (Wildman–Crippen LogP) is 4.90. The number of amides is 1. The van der Waals surface area contributed by atoms with E-state index in [9.17, 15) is 4.79 Å². The van der Waals surface area contributed by atoms with E-state index in [-0.39, 0.29) is 5.91 Å². The van der Waals surface area contributed by atoms with Gasteiger partial charge in [-0.3, -0.25) is 4.79 Å². The van der Waals surface area contributed by atoms with Gasteiger partial charge in [0.25, 0.3) is 0 Å². The summed E-state index contributed by atoms with van der Waals surface area (Å²) >= 11 is 5.96. The van der Waals surface area contributed by atoms with E-state index in [0.717, 1.165) is 24.3 Å². The summed E-state index contributed by atoms with van der Waals surface area (Å²) in [6, 6.07) is 15.8. The summed E-state index contributed by atoms with van der Waals surface area (Å²) in [6.45, 7) is 2.26. The van der Waals surface area contributed by atoms with Crippen molar-refractivity contribution < 1.29 is 4.79 Å². The average Bonchev–Trinajstić information content (AvgIpc) is 2.61. The number of nitrogens with zero attached hydrogens (tertiary/aromatic N) is 1. The lowest BCUT2D eigenvalue weighted by Gasteiger charge is -2.28. The Morgan fingerprint density at radius 1 is 1.04 bits per heavy atom. The first kappa shape index (κ1) is 16.8. The Labute approximate surface area is 148 Å². The molecule has 0 radical (unpaired) electrons. The smallest absolute Gasteiger partial charge is 0.224 e. The topological polar surface area (TPSA) is 32.3 Å². The molecule has 0 aromatic heterocycles. The Morgan fingerprint density at radius 3 is 2.50 bits per heavy atom.